The van der Waals surface area contributed by atoms with Crippen molar-refractivity contribution in [3.63, 3.8) is 0 Å². The Labute approximate surface area is 467 Å². The molecule has 6 aliphatic rings. The van der Waals surface area contributed by atoms with E-state index in [0.29, 0.717) is 49.9 Å². The molecule has 2 aromatic heterocycles. The second-order valence-electron chi connectivity index (χ2n) is 22.8. The summed E-state index contributed by atoms with van der Waals surface area (Å²) in [4.78, 5) is 92.0. The van der Waals surface area contributed by atoms with Gasteiger partial charge in [0.15, 0.2) is 11.8 Å². The molecule has 5 fully saturated rings. The van der Waals surface area contributed by atoms with Crippen molar-refractivity contribution >= 4 is 41.7 Å². The molecule has 7 N–H and O–H groups in total. The standard InChI is InChI=1S/C56H72N6O19/c1-34-38(37-8-7-15-58-44(37)49(71)72)25-59-62(34)33-55-28-53(2)27-54(3,29-55)31-56(30-53,32-55)79-21-19-60(18-14-43(66)67)52(75)78-26-35-10-11-36(24-39(35)80-51-47(70)45(68)46(69)48(81-51)50(73)74)77-23-22-76-20-16-57-40(63)9-5-4-6-17-61-41(64)12-13-42(61)65/h7-8,10-13,15,24-25,45-48,51,68-70H,4-6,9,14,16-23,26-33H2,1-3H3,(H,57,63)(H,66,67)(H,71,72)(H,73,74)/t45-,46-,47+,48-,51+,53?,54?,55?,56?/m1/s1. The molecule has 4 aliphatic carbocycles. The number of carboxylic acids is 3. The zero-order valence-corrected chi connectivity index (χ0v) is 45.7. The van der Waals surface area contributed by atoms with Crippen molar-refractivity contribution in [2.24, 2.45) is 16.2 Å². The number of benzene rings is 1. The van der Waals surface area contributed by atoms with Gasteiger partial charge in [-0.05, 0) is 92.7 Å². The SMILES string of the molecule is Cc1c(-c2cccnc2C(=O)O)cnn1CC12CC3(C)CC(C)(C1)CC(OCCN(CCC(=O)O)C(=O)OCc1ccc(OCCOCCNC(=O)CCCCCN4C(=O)C=CC4=O)cc1O[C@H]1O[C@@H](C(=O)O)[C@H](O)[C@@H](O)[C@@H]1O)(C3)C2. The smallest absolute Gasteiger partial charge is 0.410 e. The molecule has 1 aromatic carbocycles. The van der Waals surface area contributed by atoms with E-state index in [1.165, 1.54) is 41.4 Å². The van der Waals surface area contributed by atoms with Gasteiger partial charge in [0.25, 0.3) is 11.8 Å². The van der Waals surface area contributed by atoms with Gasteiger partial charge < -0.3 is 69.3 Å². The number of ether oxygens (including phenoxy) is 6. The Bertz CT molecular complexity index is 2820. The van der Waals surface area contributed by atoms with Crippen LogP contribution in [0.5, 0.6) is 11.5 Å². The molecule has 0 radical (unpaired) electrons. The van der Waals surface area contributed by atoms with Crippen molar-refractivity contribution in [2.75, 3.05) is 52.6 Å². The molecule has 4 heterocycles. The first-order chi connectivity index (χ1) is 38.5. The summed E-state index contributed by atoms with van der Waals surface area (Å²) >= 11 is 0. The van der Waals surface area contributed by atoms with Crippen LogP contribution in [0.4, 0.5) is 4.79 Å². The number of imide groups is 1. The van der Waals surface area contributed by atoms with Crippen molar-refractivity contribution in [2.45, 2.75) is 141 Å². The van der Waals surface area contributed by atoms with Gasteiger partial charge in [-0.1, -0.05) is 26.3 Å². The molecular weight excluding hydrogens is 1060 g/mol. The van der Waals surface area contributed by atoms with Crippen LogP contribution in [0.25, 0.3) is 11.1 Å². The van der Waals surface area contributed by atoms with E-state index in [1.54, 1.807) is 18.3 Å². The lowest BCUT2D eigenvalue weighted by Gasteiger charge is -2.69. The summed E-state index contributed by atoms with van der Waals surface area (Å²) in [6, 6.07) is 7.76. The number of aromatic nitrogens is 3. The largest absolute Gasteiger partial charge is 0.491 e. The molecular formula is C56H72N6O19. The number of aliphatic hydroxyl groups excluding tert-OH is 3. The molecule has 4 saturated carbocycles. The predicted molar refractivity (Wildman–Crippen MR) is 281 cm³/mol. The normalized spacial score (nSPS) is 27.3. The minimum atomic E-state index is -2.00. The van der Waals surface area contributed by atoms with E-state index < -0.39 is 73.3 Å². The molecule has 9 rings (SSSR count). The van der Waals surface area contributed by atoms with Gasteiger partial charge in [0.2, 0.25) is 12.2 Å². The van der Waals surface area contributed by atoms with Gasteiger partial charge in [-0.2, -0.15) is 5.10 Å². The third-order valence-electron chi connectivity index (χ3n) is 15.9. The lowest BCUT2D eigenvalue weighted by atomic mass is 9.39. The Balaban J connectivity index is 0.874. The van der Waals surface area contributed by atoms with E-state index in [4.69, 9.17) is 33.5 Å². The highest BCUT2D eigenvalue weighted by atomic mass is 16.7. The highest BCUT2D eigenvalue weighted by molar-refractivity contribution is 6.12. The summed E-state index contributed by atoms with van der Waals surface area (Å²) < 4.78 is 37.4. The maximum atomic E-state index is 14.0. The van der Waals surface area contributed by atoms with Crippen LogP contribution >= 0.6 is 0 Å². The molecule has 81 heavy (non-hydrogen) atoms. The fourth-order valence-electron chi connectivity index (χ4n) is 13.4. The van der Waals surface area contributed by atoms with Crippen LogP contribution < -0.4 is 14.8 Å². The quantitative estimate of drug-likeness (QED) is 0.0386. The minimum Gasteiger partial charge on any atom is -0.491 e. The van der Waals surface area contributed by atoms with E-state index in [9.17, 15) is 64.2 Å². The van der Waals surface area contributed by atoms with Gasteiger partial charge in [0, 0.05) is 85.9 Å². The molecule has 4 bridgehead atoms. The first-order valence-corrected chi connectivity index (χ1v) is 27.2. The van der Waals surface area contributed by atoms with Crippen LogP contribution in [0.2, 0.25) is 0 Å². The highest BCUT2D eigenvalue weighted by Crippen LogP contribution is 2.72. The number of pyridine rings is 1. The van der Waals surface area contributed by atoms with Crippen LogP contribution in [0, 0.1) is 23.2 Å². The van der Waals surface area contributed by atoms with Crippen LogP contribution in [-0.4, -0.2) is 186 Å². The molecule has 7 atom stereocenters. The summed E-state index contributed by atoms with van der Waals surface area (Å²) in [5, 5.41) is 68.4. The zero-order chi connectivity index (χ0) is 58.3. The molecule has 2 unspecified atom stereocenters. The maximum Gasteiger partial charge on any atom is 0.410 e. The summed E-state index contributed by atoms with van der Waals surface area (Å²) in [5.74, 6) is -4.72. The van der Waals surface area contributed by atoms with Gasteiger partial charge in [-0.3, -0.25) is 28.8 Å². The molecule has 3 aromatic rings. The third-order valence-corrected chi connectivity index (χ3v) is 15.9. The highest BCUT2D eigenvalue weighted by Gasteiger charge is 2.66. The summed E-state index contributed by atoms with van der Waals surface area (Å²) in [6.07, 6.45) is 1.79. The van der Waals surface area contributed by atoms with Crippen LogP contribution in [0.15, 0.2) is 54.9 Å². The Morgan fingerprint density at radius 2 is 1.57 bits per heavy atom. The minimum absolute atomic E-state index is 0.00372. The Kier molecular flexibility index (Phi) is 18.8. The van der Waals surface area contributed by atoms with E-state index in [-0.39, 0.29) is 109 Å². The van der Waals surface area contributed by atoms with Gasteiger partial charge in [0.1, 0.15) is 43.0 Å². The average molecular weight is 1130 g/mol. The van der Waals surface area contributed by atoms with Crippen molar-refractivity contribution in [1.29, 1.82) is 0 Å². The number of aliphatic hydroxyl groups is 3. The number of nitrogens with one attached hydrogen (secondary N) is 1. The summed E-state index contributed by atoms with van der Waals surface area (Å²) in [6.45, 7) is 7.17. The van der Waals surface area contributed by atoms with Crippen LogP contribution in [0.3, 0.4) is 0 Å². The van der Waals surface area contributed by atoms with E-state index >= 15 is 0 Å². The summed E-state index contributed by atoms with van der Waals surface area (Å²) in [5.41, 5.74) is 1.18. The molecule has 440 valence electrons. The van der Waals surface area contributed by atoms with Gasteiger partial charge in [0.05, 0.1) is 38.0 Å². The lowest BCUT2D eigenvalue weighted by Crippen LogP contribution is -2.64. The number of carbonyl (C=O) groups is 7. The first kappa shape index (κ1) is 60.1. The van der Waals surface area contributed by atoms with E-state index in [0.717, 1.165) is 42.7 Å². The maximum absolute atomic E-state index is 14.0. The number of carbonyl (C=O) groups excluding carboxylic acids is 4. The molecule has 25 heteroatoms. The van der Waals surface area contributed by atoms with Crippen molar-refractivity contribution in [3.05, 3.63) is 71.8 Å². The van der Waals surface area contributed by atoms with Crippen LogP contribution in [0.1, 0.15) is 106 Å². The number of aromatic carboxylic acids is 1. The van der Waals surface area contributed by atoms with Crippen LogP contribution in [-0.2, 0) is 56.1 Å². The number of hydrogen-bond donors (Lipinski definition) is 7. The van der Waals surface area contributed by atoms with Crippen molar-refractivity contribution < 1.29 is 92.6 Å². The molecule has 2 aliphatic heterocycles. The molecule has 1 saturated heterocycles. The first-order valence-electron chi connectivity index (χ1n) is 27.2. The fourth-order valence-corrected chi connectivity index (χ4v) is 13.4. The molecule has 25 nitrogen and oxygen atoms in total. The second kappa shape index (κ2) is 25.4. The fraction of sp³-hybridized carbons (Fsp3) is 0.589. The number of carboxylic acid groups (broad SMARTS) is 3. The number of amides is 4. The van der Waals surface area contributed by atoms with E-state index in [1.807, 2.05) is 11.6 Å². The van der Waals surface area contributed by atoms with Crippen molar-refractivity contribution in [1.82, 2.24) is 29.9 Å². The Morgan fingerprint density at radius 1 is 0.827 bits per heavy atom. The number of nitrogens with zero attached hydrogens (tertiary/aromatic N) is 5. The van der Waals surface area contributed by atoms with Gasteiger partial charge >= 0.3 is 24.0 Å². The van der Waals surface area contributed by atoms with Gasteiger partial charge in [-0.15, -0.1) is 0 Å². The number of aliphatic carboxylic acids is 2. The predicted octanol–water partition coefficient (Wildman–Crippen LogP) is 3.47. The topological polar surface area (TPSA) is 345 Å². The second-order valence-corrected chi connectivity index (χ2v) is 22.8. The Hall–Kier alpha value is -7.03. The van der Waals surface area contributed by atoms with Gasteiger partial charge in [-0.25, -0.2) is 19.4 Å². The molecule has 4 amide bonds. The monoisotopic (exact) mass is 1130 g/mol. The lowest BCUT2D eigenvalue weighted by molar-refractivity contribution is -0.271. The number of unbranched alkanes of at least 4 members (excludes halogenated alkanes) is 2. The summed E-state index contributed by atoms with van der Waals surface area (Å²) in [7, 11) is 0. The van der Waals surface area contributed by atoms with E-state index in [2.05, 4.69) is 24.1 Å². The number of rotatable bonds is 29. The van der Waals surface area contributed by atoms with Crippen molar-refractivity contribution in [3.8, 4) is 22.6 Å². The average Bonchev–Trinajstić information content (AvgIpc) is 4.07. The third kappa shape index (κ3) is 14.5. The number of hydrogen-bond acceptors (Lipinski definition) is 18. The zero-order valence-electron chi connectivity index (χ0n) is 45.7. The molecule has 0 spiro atoms. The Morgan fingerprint density at radius 3 is 2.27 bits per heavy atom.